The Balaban J connectivity index is 1.82. The van der Waals surface area contributed by atoms with E-state index in [4.69, 9.17) is 14.2 Å². The van der Waals surface area contributed by atoms with Gasteiger partial charge < -0.3 is 19.5 Å². The van der Waals surface area contributed by atoms with E-state index in [1.807, 2.05) is 24.3 Å². The van der Waals surface area contributed by atoms with Crippen LogP contribution in [-0.4, -0.2) is 31.7 Å². The van der Waals surface area contributed by atoms with Crippen molar-refractivity contribution in [1.29, 1.82) is 0 Å². The number of rotatable bonds is 9. The monoisotopic (exact) mass is 357 g/mol. The smallest absolute Gasteiger partial charge is 0.344 e. The molecular weight excluding hydrogens is 334 g/mol. The van der Waals surface area contributed by atoms with Crippen molar-refractivity contribution >= 4 is 17.6 Å². The van der Waals surface area contributed by atoms with Gasteiger partial charge in [-0.3, -0.25) is 4.79 Å². The summed E-state index contributed by atoms with van der Waals surface area (Å²) in [5.74, 6) is 0.382. The van der Waals surface area contributed by atoms with Crippen molar-refractivity contribution in [2.24, 2.45) is 0 Å². The van der Waals surface area contributed by atoms with E-state index in [-0.39, 0.29) is 19.1 Å². The molecule has 0 saturated heterocycles. The molecule has 0 atom stereocenters. The first-order valence-electron chi connectivity index (χ1n) is 8.50. The van der Waals surface area contributed by atoms with Gasteiger partial charge in [0.25, 0.3) is 5.91 Å². The second-order valence-corrected chi connectivity index (χ2v) is 5.46. The zero-order valence-electron chi connectivity index (χ0n) is 15.0. The molecule has 0 saturated carbocycles. The lowest BCUT2D eigenvalue weighted by Crippen LogP contribution is -2.20. The van der Waals surface area contributed by atoms with Gasteiger partial charge in [-0.05, 0) is 43.2 Å². The first-order valence-corrected chi connectivity index (χ1v) is 8.50. The summed E-state index contributed by atoms with van der Waals surface area (Å²) in [7, 11) is 0. The van der Waals surface area contributed by atoms with Gasteiger partial charge in [0.15, 0.2) is 13.2 Å². The van der Waals surface area contributed by atoms with Gasteiger partial charge >= 0.3 is 5.97 Å². The molecule has 26 heavy (non-hydrogen) atoms. The third kappa shape index (κ3) is 6.47. The molecule has 0 bridgehead atoms. The predicted octanol–water partition coefficient (Wildman–Crippen LogP) is 3.21. The van der Waals surface area contributed by atoms with E-state index in [0.29, 0.717) is 23.8 Å². The van der Waals surface area contributed by atoms with Crippen LogP contribution in [0.3, 0.4) is 0 Å². The zero-order chi connectivity index (χ0) is 18.8. The van der Waals surface area contributed by atoms with E-state index in [0.717, 1.165) is 6.42 Å². The van der Waals surface area contributed by atoms with Crippen LogP contribution in [0.1, 0.15) is 19.4 Å². The number of hydrogen-bond acceptors (Lipinski definition) is 5. The molecule has 0 aliphatic rings. The lowest BCUT2D eigenvalue weighted by molar-refractivity contribution is -0.145. The number of nitrogens with one attached hydrogen (secondary N) is 1. The predicted molar refractivity (Wildman–Crippen MR) is 98.5 cm³/mol. The van der Waals surface area contributed by atoms with Crippen molar-refractivity contribution in [2.75, 3.05) is 25.1 Å². The number of carbonyl (C=O) groups is 2. The Morgan fingerprint density at radius 1 is 0.923 bits per heavy atom. The average Bonchev–Trinajstić information content (AvgIpc) is 2.66. The molecule has 0 fully saturated rings. The first-order chi connectivity index (χ1) is 12.6. The Kier molecular flexibility index (Phi) is 7.49. The fraction of sp³-hybridized carbons (Fsp3) is 0.300. The van der Waals surface area contributed by atoms with Gasteiger partial charge in [-0.2, -0.15) is 0 Å². The summed E-state index contributed by atoms with van der Waals surface area (Å²) in [6.07, 6.45) is 0.954. The molecule has 138 valence electrons. The second kappa shape index (κ2) is 10.1. The number of anilines is 1. The topological polar surface area (TPSA) is 73.9 Å². The number of esters is 1. The van der Waals surface area contributed by atoms with E-state index >= 15 is 0 Å². The minimum atomic E-state index is -0.440. The van der Waals surface area contributed by atoms with E-state index in [1.165, 1.54) is 5.56 Å². The summed E-state index contributed by atoms with van der Waals surface area (Å²) in [6, 6.07) is 14.4. The van der Waals surface area contributed by atoms with Gasteiger partial charge in [0.1, 0.15) is 11.5 Å². The second-order valence-electron chi connectivity index (χ2n) is 5.46. The molecule has 2 aromatic rings. The van der Waals surface area contributed by atoms with Crippen LogP contribution in [-0.2, 0) is 20.7 Å². The van der Waals surface area contributed by atoms with Crippen molar-refractivity contribution in [3.8, 4) is 11.5 Å². The molecule has 0 radical (unpaired) electrons. The zero-order valence-corrected chi connectivity index (χ0v) is 15.0. The molecule has 6 nitrogen and oxygen atoms in total. The molecule has 0 aliphatic heterocycles. The van der Waals surface area contributed by atoms with Gasteiger partial charge in [-0.25, -0.2) is 4.79 Å². The van der Waals surface area contributed by atoms with Gasteiger partial charge in [0, 0.05) is 11.8 Å². The van der Waals surface area contributed by atoms with Crippen LogP contribution < -0.4 is 14.8 Å². The Labute approximate surface area is 153 Å². The normalized spacial score (nSPS) is 10.1. The molecule has 0 unspecified atom stereocenters. The Morgan fingerprint density at radius 3 is 2.35 bits per heavy atom. The molecule has 0 heterocycles. The standard InChI is InChI=1S/C20H23NO5/c1-3-15-8-10-17(11-9-15)25-13-19(22)21-16-6-5-7-18(12-16)26-14-20(23)24-4-2/h5-12H,3-4,13-14H2,1-2H3,(H,21,22). The molecule has 6 heteroatoms. The highest BCUT2D eigenvalue weighted by atomic mass is 16.6. The summed E-state index contributed by atoms with van der Waals surface area (Å²) in [5, 5.41) is 2.73. The Morgan fingerprint density at radius 2 is 1.65 bits per heavy atom. The maximum absolute atomic E-state index is 12.0. The van der Waals surface area contributed by atoms with Crippen LogP contribution >= 0.6 is 0 Å². The summed E-state index contributed by atoms with van der Waals surface area (Å²) >= 11 is 0. The lowest BCUT2D eigenvalue weighted by atomic mass is 10.2. The molecule has 0 spiro atoms. The van der Waals surface area contributed by atoms with Crippen LogP contribution in [0.2, 0.25) is 0 Å². The van der Waals surface area contributed by atoms with Gasteiger partial charge in [-0.15, -0.1) is 0 Å². The summed E-state index contributed by atoms with van der Waals surface area (Å²) in [4.78, 5) is 23.3. The summed E-state index contributed by atoms with van der Waals surface area (Å²) in [6.45, 7) is 3.84. The van der Waals surface area contributed by atoms with Crippen LogP contribution in [0.4, 0.5) is 5.69 Å². The first kappa shape index (κ1) is 19.3. The molecule has 0 aromatic heterocycles. The highest BCUT2D eigenvalue weighted by molar-refractivity contribution is 5.92. The molecule has 0 aliphatic carbocycles. The van der Waals surface area contributed by atoms with Crippen LogP contribution in [0, 0.1) is 0 Å². The fourth-order valence-corrected chi connectivity index (χ4v) is 2.18. The van der Waals surface area contributed by atoms with Crippen molar-refractivity contribution in [3.05, 3.63) is 54.1 Å². The number of hydrogen-bond donors (Lipinski definition) is 1. The highest BCUT2D eigenvalue weighted by Gasteiger charge is 2.07. The third-order valence-electron chi connectivity index (χ3n) is 3.48. The summed E-state index contributed by atoms with van der Waals surface area (Å²) in [5.41, 5.74) is 1.77. The van der Waals surface area contributed by atoms with Crippen molar-refractivity contribution < 1.29 is 23.8 Å². The quantitative estimate of drug-likeness (QED) is 0.698. The lowest BCUT2D eigenvalue weighted by Gasteiger charge is -2.10. The van der Waals surface area contributed by atoms with E-state index in [9.17, 15) is 9.59 Å². The molecule has 1 N–H and O–H groups in total. The number of ether oxygens (including phenoxy) is 3. The highest BCUT2D eigenvalue weighted by Crippen LogP contribution is 2.18. The number of carbonyl (C=O) groups excluding carboxylic acids is 2. The molecular formula is C20H23NO5. The van der Waals surface area contributed by atoms with Gasteiger partial charge in [0.05, 0.1) is 6.61 Å². The minimum Gasteiger partial charge on any atom is -0.484 e. The van der Waals surface area contributed by atoms with Crippen molar-refractivity contribution in [3.63, 3.8) is 0 Å². The van der Waals surface area contributed by atoms with Crippen molar-refractivity contribution in [1.82, 2.24) is 0 Å². The SMILES string of the molecule is CCOC(=O)COc1cccc(NC(=O)COc2ccc(CC)cc2)c1. The van der Waals surface area contributed by atoms with E-state index in [1.54, 1.807) is 31.2 Å². The fourth-order valence-electron chi connectivity index (χ4n) is 2.18. The van der Waals surface area contributed by atoms with Crippen LogP contribution in [0.25, 0.3) is 0 Å². The average molecular weight is 357 g/mol. The number of amides is 1. The Hall–Kier alpha value is -3.02. The van der Waals surface area contributed by atoms with Gasteiger partial charge in [-0.1, -0.05) is 25.1 Å². The molecule has 2 rings (SSSR count). The minimum absolute atomic E-state index is 0.0978. The van der Waals surface area contributed by atoms with E-state index < -0.39 is 5.97 Å². The van der Waals surface area contributed by atoms with Crippen molar-refractivity contribution in [2.45, 2.75) is 20.3 Å². The summed E-state index contributed by atoms with van der Waals surface area (Å²) < 4.78 is 15.6. The maximum atomic E-state index is 12.0. The van der Waals surface area contributed by atoms with E-state index in [2.05, 4.69) is 12.2 Å². The third-order valence-corrected chi connectivity index (χ3v) is 3.48. The molecule has 1 amide bonds. The van der Waals surface area contributed by atoms with Gasteiger partial charge in [0.2, 0.25) is 0 Å². The number of benzene rings is 2. The van der Waals surface area contributed by atoms with Crippen LogP contribution in [0.15, 0.2) is 48.5 Å². The largest absolute Gasteiger partial charge is 0.484 e. The number of aryl methyl sites for hydroxylation is 1. The Bertz CT molecular complexity index is 727. The van der Waals surface area contributed by atoms with Crippen LogP contribution in [0.5, 0.6) is 11.5 Å². The molecule has 2 aromatic carbocycles. The maximum Gasteiger partial charge on any atom is 0.344 e.